The molecule has 3 rings (SSSR count). The molecule has 0 radical (unpaired) electrons. The van der Waals surface area contributed by atoms with Gasteiger partial charge in [0.2, 0.25) is 0 Å². The van der Waals surface area contributed by atoms with Crippen molar-refractivity contribution in [1.29, 1.82) is 0 Å². The number of nitrogens with one attached hydrogen (secondary N) is 2. The van der Waals surface area contributed by atoms with Crippen LogP contribution in [0.1, 0.15) is 18.5 Å². The molecule has 1 unspecified atom stereocenters. The molecular formula is C21H20F2N2O5. The van der Waals surface area contributed by atoms with Crippen LogP contribution in [0.5, 0.6) is 11.5 Å². The number of carbonyl (C=O) groups is 2. The van der Waals surface area contributed by atoms with E-state index >= 15 is 0 Å². The fourth-order valence-electron chi connectivity index (χ4n) is 2.97. The van der Waals surface area contributed by atoms with Crippen LogP contribution in [0.4, 0.5) is 13.6 Å². The number of amides is 2. The van der Waals surface area contributed by atoms with Crippen LogP contribution in [0.15, 0.2) is 53.7 Å². The highest BCUT2D eigenvalue weighted by Gasteiger charge is 2.34. The Morgan fingerprint density at radius 2 is 1.87 bits per heavy atom. The summed E-state index contributed by atoms with van der Waals surface area (Å²) >= 11 is 0. The van der Waals surface area contributed by atoms with Crippen molar-refractivity contribution in [3.05, 3.63) is 70.9 Å². The summed E-state index contributed by atoms with van der Waals surface area (Å²) in [5.41, 5.74) is 0.838. The van der Waals surface area contributed by atoms with Gasteiger partial charge in [-0.2, -0.15) is 0 Å². The average molecular weight is 418 g/mol. The van der Waals surface area contributed by atoms with Crippen molar-refractivity contribution in [2.24, 2.45) is 0 Å². The molecule has 2 amide bonds. The molecule has 9 heteroatoms. The smallest absolute Gasteiger partial charge is 0.338 e. The van der Waals surface area contributed by atoms with Crippen molar-refractivity contribution < 1.29 is 32.6 Å². The van der Waals surface area contributed by atoms with Crippen molar-refractivity contribution in [3.8, 4) is 11.5 Å². The number of urea groups is 1. The first-order valence-corrected chi connectivity index (χ1v) is 9.12. The van der Waals surface area contributed by atoms with Crippen molar-refractivity contribution in [1.82, 2.24) is 10.6 Å². The summed E-state index contributed by atoms with van der Waals surface area (Å²) in [6, 6.07) is 8.24. The second-order valence-electron chi connectivity index (χ2n) is 6.28. The lowest BCUT2D eigenvalue weighted by atomic mass is 9.95. The number of halogens is 2. The molecule has 0 fully saturated rings. The third-order valence-corrected chi connectivity index (χ3v) is 4.36. The van der Waals surface area contributed by atoms with Gasteiger partial charge in [0.05, 0.1) is 31.0 Å². The summed E-state index contributed by atoms with van der Waals surface area (Å²) in [4.78, 5) is 24.9. The zero-order chi connectivity index (χ0) is 21.7. The Hall–Kier alpha value is -3.62. The monoisotopic (exact) mass is 418 g/mol. The maximum absolute atomic E-state index is 13.9. The van der Waals surface area contributed by atoms with E-state index in [9.17, 15) is 18.4 Å². The van der Waals surface area contributed by atoms with Crippen molar-refractivity contribution in [3.63, 3.8) is 0 Å². The van der Waals surface area contributed by atoms with Crippen LogP contribution < -0.4 is 20.1 Å². The molecule has 7 nitrogen and oxygen atoms in total. The minimum absolute atomic E-state index is 0.113. The van der Waals surface area contributed by atoms with E-state index in [1.54, 1.807) is 31.2 Å². The van der Waals surface area contributed by atoms with Crippen LogP contribution in [0.3, 0.4) is 0 Å². The lowest BCUT2D eigenvalue weighted by molar-refractivity contribution is -0.139. The molecule has 1 heterocycles. The number of ether oxygens (including phenoxy) is 3. The molecule has 0 saturated carbocycles. The summed E-state index contributed by atoms with van der Waals surface area (Å²) < 4.78 is 42.7. The molecule has 30 heavy (non-hydrogen) atoms. The highest BCUT2D eigenvalue weighted by Crippen LogP contribution is 2.29. The first kappa shape index (κ1) is 21.1. The SMILES string of the molecule is CCOC(=O)C1=C(COc2ccc(F)cc2F)NC(=O)NC1c1ccc(OC)cc1. The molecule has 2 N–H and O–H groups in total. The summed E-state index contributed by atoms with van der Waals surface area (Å²) in [6.07, 6.45) is 0. The molecule has 1 atom stereocenters. The van der Waals surface area contributed by atoms with Gasteiger partial charge in [0, 0.05) is 6.07 Å². The van der Waals surface area contributed by atoms with E-state index < -0.39 is 29.7 Å². The van der Waals surface area contributed by atoms with Crippen LogP contribution in [0.25, 0.3) is 0 Å². The van der Waals surface area contributed by atoms with Gasteiger partial charge in [0.1, 0.15) is 18.2 Å². The summed E-state index contributed by atoms with van der Waals surface area (Å²) in [6.45, 7) is 1.43. The number of esters is 1. The molecule has 1 aliphatic heterocycles. The van der Waals surface area contributed by atoms with Crippen molar-refractivity contribution >= 4 is 12.0 Å². The average Bonchev–Trinajstić information content (AvgIpc) is 2.73. The lowest BCUT2D eigenvalue weighted by Crippen LogP contribution is -2.47. The third-order valence-electron chi connectivity index (χ3n) is 4.36. The van der Waals surface area contributed by atoms with Crippen molar-refractivity contribution in [2.75, 3.05) is 20.3 Å². The summed E-state index contributed by atoms with van der Waals surface area (Å²) in [7, 11) is 1.52. The quantitative estimate of drug-likeness (QED) is 0.675. The molecule has 158 valence electrons. The first-order valence-electron chi connectivity index (χ1n) is 9.12. The van der Waals surface area contributed by atoms with Gasteiger partial charge in [-0.1, -0.05) is 12.1 Å². The Bertz CT molecular complexity index is 976. The largest absolute Gasteiger partial charge is 0.497 e. The van der Waals surface area contributed by atoms with Crippen LogP contribution in [-0.2, 0) is 9.53 Å². The highest BCUT2D eigenvalue weighted by molar-refractivity contribution is 5.95. The van der Waals surface area contributed by atoms with Gasteiger partial charge < -0.3 is 24.8 Å². The van der Waals surface area contributed by atoms with E-state index in [0.717, 1.165) is 12.1 Å². The van der Waals surface area contributed by atoms with Crippen LogP contribution in [-0.4, -0.2) is 32.3 Å². The Balaban J connectivity index is 1.96. The number of carbonyl (C=O) groups excluding carboxylic acids is 2. The predicted octanol–water partition coefficient (Wildman–Crippen LogP) is 3.22. The zero-order valence-corrected chi connectivity index (χ0v) is 16.3. The lowest BCUT2D eigenvalue weighted by Gasteiger charge is -2.29. The normalized spacial score (nSPS) is 15.9. The van der Waals surface area contributed by atoms with Gasteiger partial charge in [-0.15, -0.1) is 0 Å². The Morgan fingerprint density at radius 1 is 1.13 bits per heavy atom. The van der Waals surface area contributed by atoms with E-state index in [2.05, 4.69) is 10.6 Å². The molecule has 1 aliphatic rings. The van der Waals surface area contributed by atoms with Crippen LogP contribution >= 0.6 is 0 Å². The molecule has 0 saturated heterocycles. The number of hydrogen-bond acceptors (Lipinski definition) is 5. The molecule has 0 aromatic heterocycles. The topological polar surface area (TPSA) is 85.9 Å². The molecular weight excluding hydrogens is 398 g/mol. The Labute approximate surface area is 171 Å². The fourth-order valence-corrected chi connectivity index (χ4v) is 2.97. The van der Waals surface area contributed by atoms with E-state index in [1.807, 2.05) is 0 Å². The van der Waals surface area contributed by atoms with Gasteiger partial charge >= 0.3 is 12.0 Å². The van der Waals surface area contributed by atoms with Gasteiger partial charge in [-0.3, -0.25) is 0 Å². The van der Waals surface area contributed by atoms with E-state index in [1.165, 1.54) is 7.11 Å². The van der Waals surface area contributed by atoms with E-state index in [-0.39, 0.29) is 30.2 Å². The second-order valence-corrected chi connectivity index (χ2v) is 6.28. The van der Waals surface area contributed by atoms with Crippen molar-refractivity contribution in [2.45, 2.75) is 13.0 Å². The highest BCUT2D eigenvalue weighted by atomic mass is 19.1. The number of rotatable bonds is 7. The minimum atomic E-state index is -0.903. The third kappa shape index (κ3) is 4.68. The molecule has 0 bridgehead atoms. The fraction of sp³-hybridized carbons (Fsp3) is 0.238. The van der Waals surface area contributed by atoms with E-state index in [4.69, 9.17) is 14.2 Å². The Morgan fingerprint density at radius 3 is 2.50 bits per heavy atom. The number of benzene rings is 2. The standard InChI is InChI=1S/C21H20F2N2O5/c1-3-29-20(26)18-16(11-30-17-9-6-13(22)10-15(17)23)24-21(27)25-19(18)12-4-7-14(28-2)8-5-12/h4-10,19H,3,11H2,1-2H3,(H2,24,25,27). The van der Waals surface area contributed by atoms with Gasteiger partial charge in [-0.05, 0) is 36.8 Å². The first-order chi connectivity index (χ1) is 14.4. The van der Waals surface area contributed by atoms with Gasteiger partial charge in [0.25, 0.3) is 0 Å². The zero-order valence-electron chi connectivity index (χ0n) is 16.3. The molecule has 2 aromatic carbocycles. The number of hydrogen-bond donors (Lipinski definition) is 2. The summed E-state index contributed by atoms with van der Waals surface area (Å²) in [5.74, 6) is -1.93. The predicted molar refractivity (Wildman–Crippen MR) is 103 cm³/mol. The Kier molecular flexibility index (Phi) is 6.51. The van der Waals surface area contributed by atoms with E-state index in [0.29, 0.717) is 17.4 Å². The maximum Gasteiger partial charge on any atom is 0.338 e. The molecule has 0 spiro atoms. The second kappa shape index (κ2) is 9.25. The maximum atomic E-state index is 13.9. The number of methoxy groups -OCH3 is 1. The minimum Gasteiger partial charge on any atom is -0.497 e. The summed E-state index contributed by atoms with van der Waals surface area (Å²) in [5, 5.41) is 5.19. The van der Waals surface area contributed by atoms with Gasteiger partial charge in [0.15, 0.2) is 11.6 Å². The van der Waals surface area contributed by atoms with Crippen LogP contribution in [0, 0.1) is 11.6 Å². The molecule has 0 aliphatic carbocycles. The molecule has 2 aromatic rings. The van der Waals surface area contributed by atoms with Crippen LogP contribution in [0.2, 0.25) is 0 Å². The van der Waals surface area contributed by atoms with Gasteiger partial charge in [-0.25, -0.2) is 18.4 Å².